The number of benzene rings is 2. The first-order chi connectivity index (χ1) is 69.9. The van der Waals surface area contributed by atoms with Crippen LogP contribution in [0.3, 0.4) is 0 Å². The summed E-state index contributed by atoms with van der Waals surface area (Å²) < 4.78 is 395. The van der Waals surface area contributed by atoms with Crippen LogP contribution in [0.25, 0.3) is 0 Å². The van der Waals surface area contributed by atoms with E-state index in [0.29, 0.717) is 41.1 Å². The predicted octanol–water partition coefficient (Wildman–Crippen LogP) is -5.76. The van der Waals surface area contributed by atoms with Crippen LogP contribution < -0.4 is 31.1 Å². The Hall–Kier alpha value is -7.18. The van der Waals surface area contributed by atoms with E-state index in [-0.39, 0.29) is 94.9 Å². The van der Waals surface area contributed by atoms with Crippen LogP contribution >= 0.6 is 0 Å². The van der Waals surface area contributed by atoms with Gasteiger partial charge in [-0.3, -0.25) is 51.9 Å². The Balaban J connectivity index is 0.876. The highest BCUT2D eigenvalue weighted by Gasteiger charge is 2.63. The molecule has 6 aliphatic rings. The van der Waals surface area contributed by atoms with Gasteiger partial charge in [-0.25, -0.2) is 43.1 Å². The third-order valence-electron chi connectivity index (χ3n) is 23.6. The molecule has 149 heavy (non-hydrogen) atoms. The van der Waals surface area contributed by atoms with E-state index >= 15 is 0 Å². The Morgan fingerprint density at radius 3 is 1.28 bits per heavy atom. The van der Waals surface area contributed by atoms with E-state index in [4.69, 9.17) is 128 Å². The molecule has 0 saturated carbocycles. The molecular formula is C79H125N7O56S7. The van der Waals surface area contributed by atoms with Crippen LogP contribution in [0.15, 0.2) is 35.2 Å². The quantitative estimate of drug-likeness (QED) is 0.0127. The number of amides is 4. The largest absolute Gasteiger partial charge is 0.496 e. The Kier molecular flexibility index (Phi) is 49.0. The molecule has 70 heteroatoms. The number of carbonyl (C=O) groups is 6. The number of rotatable bonds is 62. The Bertz CT molecular complexity index is 5590. The average Bonchev–Trinajstić information content (AvgIpc) is 0.748. The Morgan fingerprint density at radius 1 is 0.443 bits per heavy atom. The number of nitrogens with one attached hydrogen (secondary N) is 5. The molecular weight excluding hydrogens is 2170 g/mol. The molecule has 0 radical (unpaired) electrons. The van der Waals surface area contributed by atoms with Gasteiger partial charge in [-0.1, -0.05) is 24.3 Å². The number of carboxylic acid groups (broad SMARTS) is 2. The summed E-state index contributed by atoms with van der Waals surface area (Å²) in [6.45, 7) is 0.791. The van der Waals surface area contributed by atoms with Crippen molar-refractivity contribution in [1.82, 2.24) is 25.6 Å². The van der Waals surface area contributed by atoms with E-state index in [9.17, 15) is 125 Å². The predicted molar refractivity (Wildman–Crippen MR) is 489 cm³/mol. The summed E-state index contributed by atoms with van der Waals surface area (Å²) in [6.07, 6.45) is -54.8. The van der Waals surface area contributed by atoms with Gasteiger partial charge in [0, 0.05) is 101 Å². The molecule has 6 fully saturated rings. The molecule has 2 aromatic rings. The molecule has 0 bridgehead atoms. The zero-order valence-corrected chi connectivity index (χ0v) is 87.6. The van der Waals surface area contributed by atoms with Gasteiger partial charge in [0.15, 0.2) is 55.9 Å². The molecule has 63 nitrogen and oxygen atoms in total. The molecule has 27 atom stereocenters. The summed E-state index contributed by atoms with van der Waals surface area (Å²) in [7, 11) is -30.3. The smallest absolute Gasteiger partial charge is 0.397 e. The zero-order valence-electron chi connectivity index (χ0n) is 81.9. The summed E-state index contributed by atoms with van der Waals surface area (Å²) in [4.78, 5) is 83.8. The van der Waals surface area contributed by atoms with Crippen LogP contribution in [0.5, 0.6) is 5.75 Å². The number of nitrogen functional groups attached to an aromatic ring is 1. The van der Waals surface area contributed by atoms with Crippen LogP contribution in [0, 0.1) is 26.2 Å². The maximum atomic E-state index is 14.5. The summed E-state index contributed by atoms with van der Waals surface area (Å²) in [6, 6.07) is 5.02. The molecule has 0 aliphatic carbocycles. The van der Waals surface area contributed by atoms with Crippen molar-refractivity contribution in [3.63, 3.8) is 0 Å². The van der Waals surface area contributed by atoms with Gasteiger partial charge < -0.3 is 141 Å². The molecule has 8 rings (SSSR count). The second kappa shape index (κ2) is 57.5. The third kappa shape index (κ3) is 37.8. The Morgan fingerprint density at radius 2 is 0.839 bits per heavy atom. The molecule has 0 aromatic heterocycles. The molecule has 6 aliphatic heterocycles. The molecule has 854 valence electrons. The average molecular weight is 2290 g/mol. The maximum Gasteiger partial charge on any atom is 0.397 e. The fraction of sp³-hybridized carbons (Fsp3) is 0.759. The lowest BCUT2D eigenvalue weighted by molar-refractivity contribution is -0.389. The monoisotopic (exact) mass is 2290 g/mol. The van der Waals surface area contributed by atoms with Crippen molar-refractivity contribution >= 4 is 114 Å². The third-order valence-corrected chi connectivity index (χ3v) is 28.1. The number of aliphatic carboxylic acids is 2. The van der Waals surface area contributed by atoms with E-state index in [2.05, 4.69) is 33.2 Å². The number of ether oxygens (including phenoxy) is 22. The minimum atomic E-state index is -6.22. The van der Waals surface area contributed by atoms with Crippen molar-refractivity contribution < 1.29 is 255 Å². The molecule has 6 saturated heterocycles. The van der Waals surface area contributed by atoms with Crippen molar-refractivity contribution in [2.75, 3.05) is 156 Å². The van der Waals surface area contributed by atoms with Gasteiger partial charge in [0.2, 0.25) is 33.7 Å². The number of carbonyl (C=O) groups excluding carboxylic acids is 4. The van der Waals surface area contributed by atoms with Gasteiger partial charge in [0.1, 0.15) is 121 Å². The number of carboxylic acids is 2. The van der Waals surface area contributed by atoms with Crippen LogP contribution in [0.4, 0.5) is 0 Å². The lowest BCUT2D eigenvalue weighted by Crippen LogP contribution is -2.70. The first kappa shape index (κ1) is 127. The topological polar surface area (TPSA) is 863 Å². The lowest BCUT2D eigenvalue weighted by Gasteiger charge is -2.51. The molecule has 0 spiro atoms. The van der Waals surface area contributed by atoms with Crippen molar-refractivity contribution in [3.8, 4) is 5.75 Å². The number of methoxy groups -OCH3 is 9. The van der Waals surface area contributed by atoms with Gasteiger partial charge in [0.05, 0.1) is 84.5 Å². The Labute approximate surface area is 856 Å². The minimum Gasteiger partial charge on any atom is -0.496 e. The normalized spacial score (nSPS) is 29.0. The number of nitrogens with zero attached hydrogens (tertiary/aromatic N) is 1. The number of aryl methyl sites for hydroxylation is 1. The van der Waals surface area contributed by atoms with Gasteiger partial charge in [-0.15, -0.1) is 0 Å². The number of hydrogen-bond acceptors (Lipinski definition) is 49. The van der Waals surface area contributed by atoms with Crippen molar-refractivity contribution in [2.45, 2.75) is 236 Å². The van der Waals surface area contributed by atoms with Crippen LogP contribution in [-0.4, -0.2) is 465 Å². The van der Waals surface area contributed by atoms with Gasteiger partial charge >= 0.3 is 74.3 Å². The summed E-state index contributed by atoms with van der Waals surface area (Å²) in [5.41, 5.74) is 7.78. The maximum absolute atomic E-state index is 14.5. The van der Waals surface area contributed by atoms with Gasteiger partial charge in [-0.2, -0.15) is 55.2 Å². The van der Waals surface area contributed by atoms with Crippen LogP contribution in [0.2, 0.25) is 0 Å². The summed E-state index contributed by atoms with van der Waals surface area (Å²) in [5, 5.41) is 37.7. The fourth-order valence-corrected chi connectivity index (χ4v) is 21.1. The number of nitrogens with two attached hydrogens (primary N) is 1. The van der Waals surface area contributed by atoms with E-state index in [0.717, 1.165) is 76.1 Å². The second-order valence-electron chi connectivity index (χ2n) is 33.4. The molecule has 6 heterocycles. The molecule has 2 aromatic carbocycles. The van der Waals surface area contributed by atoms with Gasteiger partial charge in [-0.05, 0) is 74.8 Å². The van der Waals surface area contributed by atoms with Gasteiger partial charge in [0.25, 0.3) is 0 Å². The van der Waals surface area contributed by atoms with Crippen molar-refractivity contribution in [3.05, 3.63) is 58.1 Å². The molecule has 0 unspecified atom stereocenters. The van der Waals surface area contributed by atoms with Crippen molar-refractivity contribution in [1.29, 1.82) is 5.41 Å². The van der Waals surface area contributed by atoms with E-state index in [1.807, 2.05) is 0 Å². The summed E-state index contributed by atoms with van der Waals surface area (Å²) >= 11 is 0. The van der Waals surface area contributed by atoms with Crippen molar-refractivity contribution in [2.24, 2.45) is 5.73 Å². The highest BCUT2D eigenvalue weighted by molar-refractivity contribution is 7.89. The number of hydrogen-bond donors (Lipinski definition) is 14. The van der Waals surface area contributed by atoms with E-state index < -0.39 is 300 Å². The van der Waals surface area contributed by atoms with Crippen LogP contribution in [-0.2, 0) is 232 Å². The van der Waals surface area contributed by atoms with E-state index in [1.165, 1.54) is 13.2 Å². The SMILES string of the molecule is COc1cc(C)c(S(=O)(=O)N[C@@H](CC(=O)NCCCC(=O)NCCOCCOCCOCCO[C@H]2[C@H](OC)[C@@H](OC)[C@@H](O[C@H]3[C@H](OC)[C@@H](OC)[C@H](O[C@H]4[C@H](OS(=O)(=O)O)[C@@H](OS(=O)(=O)O)[C@@H](O[C@H]5[C@H](OC)[C@@H](OC)[C@H](O[C@H]6[C@H](OC)[C@@H](OS(=O)(=O)O)[C@@H](OC)O[C@@H]6COS(=O)(=O)O)O[C@H]5C(=O)O)O[C@@H]4COS(=O)(=O)O)O[C@@H]3C(=O)O)O[C@@H]2COS(=O)(=O)O)C(=O)N[C@H](Cc2ccc(C(=N)N)cc2)C(=O)N2CCCCC2)c(C)c1C. The highest BCUT2D eigenvalue weighted by Crippen LogP contribution is 2.43. The standard InChI is InChI=1S/C79H125N7O56S7/c1-39-33-46(115-4)40(2)41(3)69(39)143(95,96)85-44(71(89)84-45(72(90)86-24-14-13-15-25-86)34-42-18-20-43(21-19-42)70(80)81)35-51(88)82-22-16-17-50(87)83-23-26-124-27-28-125-29-30-126-31-32-127-52-47(36-128-144(97,98)99)132-76(64(120-9)55(52)116-5)136-59-57(118-7)66(122-11)78(139-62(59)73(91)92)135-54-49(38-130-146(103,104)105)133-79(68(142-149(112,113)114)61(54)140-147(106,107)108)137-60-58(119-8)65(121-10)77(138-63(60)74(93)94)134-53-48(37-129-145(100,101)102)131-75(123-12)67(56(53)117-6)141-148(109,110)111/h18-21,33,44-45,47-49,52-68,75-79,85H,13-17,22-32,34-38H2,1-12H3,(H3,80,81)(H,82,88)(H,83,87)(H,84,89)(H,91,92)(H,93,94)(H,97,98,99)(H,100,101,102)(H,103,104,105)(H,106,107,108)(H,109,110,111)(H,112,113,114)/t44-,45+,47+,48+,49+,52+,53+,54+,55-,56-,57-,58-,59-,60-,61-,62-,63+,64+,65+,66+,67+,68+,75-,76+,77+,78+,79+/m0/s1. The number of piperidine rings is 1. The number of sulfonamides is 1. The first-order valence-electron chi connectivity index (χ1n) is 44.8. The first-order valence-corrected chi connectivity index (χ1v) is 54.5. The van der Waals surface area contributed by atoms with E-state index in [1.54, 1.807) is 49.9 Å². The molecule has 4 amide bonds. The molecule has 15 N–H and O–H groups in total. The van der Waals surface area contributed by atoms with Crippen LogP contribution in [0.1, 0.15) is 66.3 Å². The zero-order chi connectivity index (χ0) is 111. The highest BCUT2D eigenvalue weighted by atomic mass is 32.3. The fourth-order valence-electron chi connectivity index (χ4n) is 17.0. The summed E-state index contributed by atoms with van der Waals surface area (Å²) in [5.74, 6) is -6.57. The number of amidine groups is 1. The second-order valence-corrected chi connectivity index (χ2v) is 41.5. The lowest BCUT2D eigenvalue weighted by atomic mass is 9.94. The number of likely N-dealkylation sites (tertiary alicyclic amines) is 1. The minimum absolute atomic E-state index is 0.0254.